The van der Waals surface area contributed by atoms with Crippen LogP contribution in [-0.2, 0) is 7.05 Å². The van der Waals surface area contributed by atoms with Crippen molar-refractivity contribution in [1.29, 1.82) is 0 Å². The Labute approximate surface area is 159 Å². The van der Waals surface area contributed by atoms with E-state index in [0.29, 0.717) is 37.6 Å². The molecule has 2 aromatic heterocycles. The van der Waals surface area contributed by atoms with Crippen molar-refractivity contribution in [3.63, 3.8) is 0 Å². The zero-order valence-corrected chi connectivity index (χ0v) is 16.4. The molecule has 2 aromatic rings. The molecule has 0 radical (unpaired) electrons. The molecule has 0 aliphatic carbocycles. The van der Waals surface area contributed by atoms with E-state index in [1.165, 1.54) is 7.11 Å². The highest BCUT2D eigenvalue weighted by Crippen LogP contribution is 2.20. The number of piperazine rings is 1. The Kier molecular flexibility index (Phi) is 5.78. The summed E-state index contributed by atoms with van der Waals surface area (Å²) >= 11 is 0. The molecule has 1 amide bonds. The Hall–Kier alpha value is -2.84. The molecule has 27 heavy (non-hydrogen) atoms. The van der Waals surface area contributed by atoms with Crippen LogP contribution in [0.1, 0.15) is 24.2 Å². The van der Waals surface area contributed by atoms with Crippen LogP contribution in [0, 0.1) is 0 Å². The minimum atomic E-state index is -0.0532. The molecule has 3 rings (SSSR count). The smallest absolute Gasteiger partial charge is 0.261 e. The van der Waals surface area contributed by atoms with Gasteiger partial charge in [0.05, 0.1) is 7.11 Å². The van der Waals surface area contributed by atoms with E-state index < -0.39 is 0 Å². The summed E-state index contributed by atoms with van der Waals surface area (Å²) in [6.07, 6.45) is 1.70. The predicted molar refractivity (Wildman–Crippen MR) is 103 cm³/mol. The number of hydrogen-bond donors (Lipinski definition) is 0. The van der Waals surface area contributed by atoms with Crippen LogP contribution in [0.5, 0.6) is 5.88 Å². The number of anilines is 2. The van der Waals surface area contributed by atoms with Crippen molar-refractivity contribution in [2.24, 2.45) is 7.05 Å². The maximum absolute atomic E-state index is 12.8. The van der Waals surface area contributed by atoms with Gasteiger partial charge < -0.3 is 19.4 Å². The highest BCUT2D eigenvalue weighted by atomic mass is 16.5. The van der Waals surface area contributed by atoms with Crippen molar-refractivity contribution in [3.05, 3.63) is 23.9 Å². The van der Waals surface area contributed by atoms with E-state index >= 15 is 0 Å². The highest BCUT2D eigenvalue weighted by molar-refractivity contribution is 5.96. The number of methoxy groups -OCH3 is 1. The fourth-order valence-electron chi connectivity index (χ4n) is 3.28. The van der Waals surface area contributed by atoms with Crippen LogP contribution in [0.3, 0.4) is 0 Å². The van der Waals surface area contributed by atoms with E-state index in [1.54, 1.807) is 17.9 Å². The van der Waals surface area contributed by atoms with E-state index in [2.05, 4.69) is 38.9 Å². The summed E-state index contributed by atoms with van der Waals surface area (Å²) in [5.74, 6) is 2.04. The molecule has 0 aromatic carbocycles. The first-order chi connectivity index (χ1) is 13.1. The maximum atomic E-state index is 12.8. The zero-order valence-electron chi connectivity index (χ0n) is 16.4. The molecule has 1 aliphatic rings. The lowest BCUT2D eigenvalue weighted by atomic mass is 10.2. The van der Waals surface area contributed by atoms with Crippen molar-refractivity contribution >= 4 is 17.5 Å². The molecule has 146 valence electrons. The lowest BCUT2D eigenvalue weighted by molar-refractivity contribution is 0.0743. The SMILES string of the molecule is CCN(CC)c1ccc(N2CCN(C(=O)c3cn(C)nc3OC)CC2)nn1. The topological polar surface area (TPSA) is 79.6 Å². The van der Waals surface area contributed by atoms with Crippen molar-refractivity contribution in [2.75, 3.05) is 56.2 Å². The van der Waals surface area contributed by atoms with Crippen LogP contribution in [-0.4, -0.2) is 77.2 Å². The molecular formula is C18H27N7O2. The first-order valence-electron chi connectivity index (χ1n) is 9.27. The molecule has 9 heteroatoms. The van der Waals surface area contributed by atoms with Crippen LogP contribution in [0.15, 0.2) is 18.3 Å². The van der Waals surface area contributed by atoms with Gasteiger partial charge in [-0.15, -0.1) is 15.3 Å². The molecule has 0 spiro atoms. The Bertz CT molecular complexity index is 763. The van der Waals surface area contributed by atoms with Crippen LogP contribution >= 0.6 is 0 Å². The number of rotatable bonds is 6. The van der Waals surface area contributed by atoms with Gasteiger partial charge in [0, 0.05) is 52.5 Å². The zero-order chi connectivity index (χ0) is 19.4. The van der Waals surface area contributed by atoms with Crippen LogP contribution in [0.4, 0.5) is 11.6 Å². The third-order valence-corrected chi connectivity index (χ3v) is 4.83. The van der Waals surface area contributed by atoms with Gasteiger partial charge in [-0.2, -0.15) is 0 Å². The monoisotopic (exact) mass is 373 g/mol. The molecule has 0 N–H and O–H groups in total. The van der Waals surface area contributed by atoms with Gasteiger partial charge in [-0.25, -0.2) is 0 Å². The highest BCUT2D eigenvalue weighted by Gasteiger charge is 2.26. The number of carbonyl (C=O) groups excluding carboxylic acids is 1. The first-order valence-corrected chi connectivity index (χ1v) is 9.27. The second kappa shape index (κ2) is 8.24. The average molecular weight is 373 g/mol. The largest absolute Gasteiger partial charge is 0.479 e. The van der Waals surface area contributed by atoms with E-state index in [-0.39, 0.29) is 5.91 Å². The van der Waals surface area contributed by atoms with Crippen molar-refractivity contribution in [1.82, 2.24) is 24.9 Å². The molecule has 9 nitrogen and oxygen atoms in total. The number of carbonyl (C=O) groups is 1. The van der Waals surface area contributed by atoms with Crippen LogP contribution in [0.2, 0.25) is 0 Å². The molecule has 1 aliphatic heterocycles. The van der Waals surface area contributed by atoms with E-state index in [0.717, 1.165) is 24.7 Å². The van der Waals surface area contributed by atoms with Crippen molar-refractivity contribution in [2.45, 2.75) is 13.8 Å². The fourth-order valence-corrected chi connectivity index (χ4v) is 3.28. The Balaban J connectivity index is 1.62. The van der Waals surface area contributed by atoms with Crippen molar-refractivity contribution in [3.8, 4) is 5.88 Å². The number of ether oxygens (including phenoxy) is 1. The number of aromatic nitrogens is 4. The van der Waals surface area contributed by atoms with Gasteiger partial charge in [-0.05, 0) is 26.0 Å². The second-order valence-electron chi connectivity index (χ2n) is 6.43. The summed E-state index contributed by atoms with van der Waals surface area (Å²) in [6.45, 7) is 8.69. The van der Waals surface area contributed by atoms with E-state index in [9.17, 15) is 4.79 Å². The molecule has 0 bridgehead atoms. The molecule has 0 atom stereocenters. The average Bonchev–Trinajstić information content (AvgIpc) is 3.10. The summed E-state index contributed by atoms with van der Waals surface area (Å²) < 4.78 is 6.80. The van der Waals surface area contributed by atoms with E-state index in [4.69, 9.17) is 4.74 Å². The molecule has 0 saturated carbocycles. The van der Waals surface area contributed by atoms with Crippen LogP contribution < -0.4 is 14.5 Å². The van der Waals surface area contributed by atoms with Gasteiger partial charge in [0.2, 0.25) is 5.88 Å². The summed E-state index contributed by atoms with van der Waals surface area (Å²) in [5.41, 5.74) is 0.497. The molecule has 1 saturated heterocycles. The third-order valence-electron chi connectivity index (χ3n) is 4.83. The Morgan fingerprint density at radius 2 is 1.85 bits per heavy atom. The molecule has 3 heterocycles. The molecular weight excluding hydrogens is 346 g/mol. The number of aryl methyl sites for hydroxylation is 1. The minimum Gasteiger partial charge on any atom is -0.479 e. The Morgan fingerprint density at radius 1 is 1.15 bits per heavy atom. The lowest BCUT2D eigenvalue weighted by Gasteiger charge is -2.35. The molecule has 0 unspecified atom stereocenters. The second-order valence-corrected chi connectivity index (χ2v) is 6.43. The summed E-state index contributed by atoms with van der Waals surface area (Å²) in [4.78, 5) is 18.9. The van der Waals surface area contributed by atoms with Gasteiger partial charge in [0.25, 0.3) is 5.91 Å². The van der Waals surface area contributed by atoms with Gasteiger partial charge in [-0.1, -0.05) is 0 Å². The maximum Gasteiger partial charge on any atom is 0.261 e. The summed E-state index contributed by atoms with van der Waals surface area (Å²) in [7, 11) is 3.30. The van der Waals surface area contributed by atoms with Gasteiger partial charge in [0.15, 0.2) is 11.6 Å². The van der Waals surface area contributed by atoms with Gasteiger partial charge in [-0.3, -0.25) is 9.48 Å². The van der Waals surface area contributed by atoms with Gasteiger partial charge in [0.1, 0.15) is 5.56 Å². The predicted octanol–water partition coefficient (Wildman–Crippen LogP) is 1.03. The number of amides is 1. The summed E-state index contributed by atoms with van der Waals surface area (Å²) in [6, 6.07) is 4.01. The first kappa shape index (κ1) is 18.9. The standard InChI is InChI=1S/C18H27N7O2/c1-5-23(6-2)15-7-8-16(20-19-15)24-9-11-25(12-10-24)18(26)14-13-22(3)21-17(14)27-4/h7-8,13H,5-6,9-12H2,1-4H3. The van der Waals surface area contributed by atoms with Gasteiger partial charge >= 0.3 is 0 Å². The quantitative estimate of drug-likeness (QED) is 0.748. The summed E-state index contributed by atoms with van der Waals surface area (Å²) in [5, 5.41) is 12.9. The fraction of sp³-hybridized carbons (Fsp3) is 0.556. The number of nitrogens with zero attached hydrogens (tertiary/aromatic N) is 7. The number of hydrogen-bond acceptors (Lipinski definition) is 7. The van der Waals surface area contributed by atoms with Crippen LogP contribution in [0.25, 0.3) is 0 Å². The van der Waals surface area contributed by atoms with Crippen molar-refractivity contribution < 1.29 is 9.53 Å². The Morgan fingerprint density at radius 3 is 2.41 bits per heavy atom. The normalized spacial score (nSPS) is 14.4. The third kappa shape index (κ3) is 3.96. The minimum absolute atomic E-state index is 0.0532. The lowest BCUT2D eigenvalue weighted by Crippen LogP contribution is -2.49. The van der Waals surface area contributed by atoms with E-state index in [1.807, 2.05) is 17.0 Å². The molecule has 1 fully saturated rings.